The zero-order valence-corrected chi connectivity index (χ0v) is 19.1. The van der Waals surface area contributed by atoms with Crippen LogP contribution < -0.4 is 10.6 Å². The van der Waals surface area contributed by atoms with Gasteiger partial charge in [0, 0.05) is 45.1 Å². The van der Waals surface area contributed by atoms with Gasteiger partial charge in [-0.05, 0) is 56.6 Å². The first-order valence-corrected chi connectivity index (χ1v) is 11.7. The van der Waals surface area contributed by atoms with Crippen LogP contribution in [-0.2, 0) is 31.9 Å². The first kappa shape index (κ1) is 26.2. The second-order valence-electron chi connectivity index (χ2n) is 8.76. The van der Waals surface area contributed by atoms with Crippen molar-refractivity contribution in [2.24, 2.45) is 5.41 Å². The minimum absolute atomic E-state index is 0.0143. The molecule has 34 heavy (non-hydrogen) atoms. The van der Waals surface area contributed by atoms with E-state index < -0.39 is 42.4 Å². The van der Waals surface area contributed by atoms with Gasteiger partial charge < -0.3 is 25.2 Å². The molecule has 190 valence electrons. The predicted octanol–water partition coefficient (Wildman–Crippen LogP) is 3.10. The predicted molar refractivity (Wildman–Crippen MR) is 118 cm³/mol. The number of hydrogen-bond acceptors (Lipinski definition) is 6. The van der Waals surface area contributed by atoms with E-state index in [2.05, 4.69) is 21.7 Å². The lowest BCUT2D eigenvalue weighted by atomic mass is 9.78. The highest BCUT2D eigenvalue weighted by Gasteiger charge is 2.60. The summed E-state index contributed by atoms with van der Waals surface area (Å²) in [6, 6.07) is 2.67. The number of carboxylic acid groups (broad SMARTS) is 1. The van der Waals surface area contributed by atoms with Gasteiger partial charge >= 0.3 is 12.1 Å². The second-order valence-corrected chi connectivity index (χ2v) is 8.76. The Balaban J connectivity index is 1.38. The summed E-state index contributed by atoms with van der Waals surface area (Å²) in [5, 5.41) is 14.7. The van der Waals surface area contributed by atoms with E-state index in [1.54, 1.807) is 0 Å². The standard InChI is InChI=1S/C23H32F3N3O5/c24-23(25,26)22(9-14-34-15-10-22)21(32)29-18(20(30)31)8-13-33-12-2-1-5-17-7-6-16-4-3-11-27-19(16)28-17/h6-7,18H,1-5,8-15H2,(H,27,28)(H,29,32)(H,30,31). The van der Waals surface area contributed by atoms with Crippen LogP contribution in [0.5, 0.6) is 0 Å². The number of fused-ring (bicyclic) bond motifs is 1. The lowest BCUT2D eigenvalue weighted by Gasteiger charge is -2.37. The van der Waals surface area contributed by atoms with Gasteiger partial charge in [-0.25, -0.2) is 9.78 Å². The Morgan fingerprint density at radius 3 is 2.71 bits per heavy atom. The minimum atomic E-state index is -4.79. The highest BCUT2D eigenvalue weighted by molar-refractivity contribution is 5.88. The maximum atomic E-state index is 13.6. The van der Waals surface area contributed by atoms with Gasteiger partial charge in [0.25, 0.3) is 0 Å². The first-order chi connectivity index (χ1) is 16.2. The Labute approximate surface area is 196 Å². The van der Waals surface area contributed by atoms with Crippen molar-refractivity contribution in [3.8, 4) is 0 Å². The molecule has 3 N–H and O–H groups in total. The van der Waals surface area contributed by atoms with E-state index in [0.29, 0.717) is 6.61 Å². The van der Waals surface area contributed by atoms with E-state index in [1.165, 1.54) is 5.56 Å². The van der Waals surface area contributed by atoms with Crippen molar-refractivity contribution in [3.63, 3.8) is 0 Å². The molecule has 1 aromatic rings. The van der Waals surface area contributed by atoms with Crippen molar-refractivity contribution in [2.75, 3.05) is 38.3 Å². The monoisotopic (exact) mass is 487 g/mol. The van der Waals surface area contributed by atoms with Crippen molar-refractivity contribution in [2.45, 2.75) is 63.6 Å². The number of ether oxygens (including phenoxy) is 2. The number of rotatable bonds is 11. The molecule has 0 radical (unpaired) electrons. The van der Waals surface area contributed by atoms with Crippen LogP contribution in [0.4, 0.5) is 19.0 Å². The summed E-state index contributed by atoms with van der Waals surface area (Å²) < 4.78 is 51.3. The van der Waals surface area contributed by atoms with Gasteiger partial charge in [-0.15, -0.1) is 0 Å². The van der Waals surface area contributed by atoms with Crippen molar-refractivity contribution >= 4 is 17.7 Å². The third-order valence-corrected chi connectivity index (χ3v) is 6.40. The topological polar surface area (TPSA) is 110 Å². The lowest BCUT2D eigenvalue weighted by molar-refractivity contribution is -0.240. The van der Waals surface area contributed by atoms with Crippen molar-refractivity contribution in [1.29, 1.82) is 0 Å². The molecule has 1 amide bonds. The molecular formula is C23H32F3N3O5. The van der Waals surface area contributed by atoms with Crippen LogP contribution in [0.25, 0.3) is 0 Å². The van der Waals surface area contributed by atoms with E-state index in [0.717, 1.165) is 50.2 Å². The third-order valence-electron chi connectivity index (χ3n) is 6.40. The Morgan fingerprint density at radius 1 is 1.24 bits per heavy atom. The zero-order valence-electron chi connectivity index (χ0n) is 19.1. The quantitative estimate of drug-likeness (QED) is 0.412. The maximum absolute atomic E-state index is 13.6. The number of nitrogens with zero attached hydrogens (tertiary/aromatic N) is 1. The fourth-order valence-electron chi connectivity index (χ4n) is 4.23. The van der Waals surface area contributed by atoms with E-state index in [9.17, 15) is 27.9 Å². The summed E-state index contributed by atoms with van der Waals surface area (Å²) in [4.78, 5) is 28.6. The van der Waals surface area contributed by atoms with Gasteiger partial charge in [0.1, 0.15) is 17.3 Å². The lowest BCUT2D eigenvalue weighted by Crippen LogP contribution is -2.57. The molecule has 11 heteroatoms. The number of carboxylic acids is 1. The van der Waals surface area contributed by atoms with Crippen molar-refractivity contribution < 1.29 is 37.3 Å². The molecule has 0 saturated carbocycles. The Morgan fingerprint density at radius 2 is 2.00 bits per heavy atom. The number of alkyl halides is 3. The summed E-state index contributed by atoms with van der Waals surface area (Å²) in [6.07, 6.45) is -1.47. The SMILES string of the molecule is O=C(O)C(CCOCCCCc1ccc2c(n1)NCCC2)NC(=O)C1(C(F)(F)F)CCOCC1. The molecule has 1 fully saturated rings. The van der Waals surface area contributed by atoms with E-state index in [4.69, 9.17) is 9.47 Å². The number of aromatic nitrogens is 1. The van der Waals surface area contributed by atoms with Gasteiger partial charge in [-0.2, -0.15) is 13.2 Å². The average Bonchev–Trinajstić information content (AvgIpc) is 2.82. The number of aliphatic carboxylic acids is 1. The molecule has 1 atom stereocenters. The molecule has 0 aliphatic carbocycles. The number of carbonyl (C=O) groups excluding carboxylic acids is 1. The Kier molecular flexibility index (Phi) is 9.12. The normalized spacial score (nSPS) is 18.4. The summed E-state index contributed by atoms with van der Waals surface area (Å²) in [5.41, 5.74) is -0.398. The molecule has 2 aliphatic rings. The van der Waals surface area contributed by atoms with Crippen LogP contribution in [0.1, 0.15) is 49.8 Å². The number of halogens is 3. The summed E-state index contributed by atoms with van der Waals surface area (Å²) >= 11 is 0. The molecule has 0 spiro atoms. The summed E-state index contributed by atoms with van der Waals surface area (Å²) in [5.74, 6) is -1.76. The highest BCUT2D eigenvalue weighted by Crippen LogP contribution is 2.46. The van der Waals surface area contributed by atoms with Crippen molar-refractivity contribution in [3.05, 3.63) is 23.4 Å². The molecule has 8 nitrogen and oxygen atoms in total. The average molecular weight is 488 g/mol. The Hall–Kier alpha value is -2.40. The fraction of sp³-hybridized carbons (Fsp3) is 0.696. The molecular weight excluding hydrogens is 455 g/mol. The molecule has 3 heterocycles. The molecule has 0 bridgehead atoms. The number of nitrogens with one attached hydrogen (secondary N) is 2. The molecule has 2 aliphatic heterocycles. The number of carbonyl (C=O) groups is 2. The number of amides is 1. The van der Waals surface area contributed by atoms with Gasteiger partial charge in [0.05, 0.1) is 0 Å². The van der Waals surface area contributed by atoms with Crippen LogP contribution in [-0.4, -0.2) is 67.2 Å². The minimum Gasteiger partial charge on any atom is -0.480 e. The van der Waals surface area contributed by atoms with E-state index in [1.807, 2.05) is 6.07 Å². The Bertz CT molecular complexity index is 844. The van der Waals surface area contributed by atoms with Crippen LogP contribution in [0.3, 0.4) is 0 Å². The first-order valence-electron chi connectivity index (χ1n) is 11.7. The second kappa shape index (κ2) is 11.8. The molecule has 1 unspecified atom stereocenters. The van der Waals surface area contributed by atoms with Crippen molar-refractivity contribution in [1.82, 2.24) is 10.3 Å². The number of aryl methyl sites for hydroxylation is 2. The molecule has 1 saturated heterocycles. The number of pyridine rings is 1. The van der Waals surface area contributed by atoms with Gasteiger partial charge in [-0.3, -0.25) is 4.79 Å². The molecule has 3 rings (SSSR count). The maximum Gasteiger partial charge on any atom is 0.403 e. The largest absolute Gasteiger partial charge is 0.480 e. The molecule has 0 aromatic carbocycles. The third kappa shape index (κ3) is 6.59. The van der Waals surface area contributed by atoms with Crippen LogP contribution in [0.2, 0.25) is 0 Å². The van der Waals surface area contributed by atoms with Crippen LogP contribution in [0, 0.1) is 5.41 Å². The van der Waals surface area contributed by atoms with E-state index >= 15 is 0 Å². The zero-order chi connectivity index (χ0) is 24.6. The molecule has 1 aromatic heterocycles. The van der Waals surface area contributed by atoms with E-state index in [-0.39, 0.29) is 26.2 Å². The van der Waals surface area contributed by atoms with Gasteiger partial charge in [-0.1, -0.05) is 6.07 Å². The smallest absolute Gasteiger partial charge is 0.403 e. The summed E-state index contributed by atoms with van der Waals surface area (Å²) in [7, 11) is 0. The van der Waals surface area contributed by atoms with Crippen LogP contribution >= 0.6 is 0 Å². The fourth-order valence-corrected chi connectivity index (χ4v) is 4.23. The van der Waals surface area contributed by atoms with Gasteiger partial charge in [0.2, 0.25) is 5.91 Å². The van der Waals surface area contributed by atoms with Gasteiger partial charge in [0.15, 0.2) is 0 Å². The number of anilines is 1. The number of hydrogen-bond donors (Lipinski definition) is 3. The summed E-state index contributed by atoms with van der Waals surface area (Å²) in [6.45, 7) is 0.922. The van der Waals surface area contributed by atoms with Crippen LogP contribution in [0.15, 0.2) is 12.1 Å². The number of unbranched alkanes of at least 4 members (excludes halogenated alkanes) is 1. The highest BCUT2D eigenvalue weighted by atomic mass is 19.4.